The lowest BCUT2D eigenvalue weighted by Gasteiger charge is -2.27. The molecule has 1 spiro atoms. The van der Waals surface area contributed by atoms with Crippen LogP contribution in [0.1, 0.15) is 37.9 Å². The van der Waals surface area contributed by atoms with E-state index in [9.17, 15) is 19.2 Å². The van der Waals surface area contributed by atoms with Crippen LogP contribution < -0.4 is 4.74 Å². The van der Waals surface area contributed by atoms with Gasteiger partial charge in [0.1, 0.15) is 5.75 Å². The van der Waals surface area contributed by atoms with Crippen LogP contribution in [0.15, 0.2) is 77.3 Å². The van der Waals surface area contributed by atoms with E-state index in [1.165, 1.54) is 0 Å². The van der Waals surface area contributed by atoms with Crippen molar-refractivity contribution >= 4 is 39.3 Å². The van der Waals surface area contributed by atoms with Crippen molar-refractivity contribution in [3.63, 3.8) is 0 Å². The van der Waals surface area contributed by atoms with Gasteiger partial charge >= 0.3 is 0 Å². The number of benzene rings is 3. The second kappa shape index (κ2) is 8.21. The fourth-order valence-corrected chi connectivity index (χ4v) is 5.86. The smallest absolute Gasteiger partial charge is 0.237 e. The van der Waals surface area contributed by atoms with Crippen molar-refractivity contribution in [1.29, 1.82) is 0 Å². The van der Waals surface area contributed by atoms with Crippen molar-refractivity contribution in [3.05, 3.63) is 99.5 Å². The number of hydrogen-bond donors (Lipinski definition) is 0. The lowest BCUT2D eigenvalue weighted by molar-refractivity contribution is -0.145. The summed E-state index contributed by atoms with van der Waals surface area (Å²) in [4.78, 5) is 56.3. The van der Waals surface area contributed by atoms with E-state index in [0.717, 1.165) is 14.9 Å². The number of carbonyl (C=O) groups excluding carboxylic acids is 4. The Morgan fingerprint density at radius 1 is 0.861 bits per heavy atom. The highest BCUT2D eigenvalue weighted by Gasteiger charge is 2.74. The first-order valence-corrected chi connectivity index (χ1v) is 12.3. The number of ether oxygens (including phenoxy) is 2. The normalized spacial score (nSPS) is 23.9. The molecule has 180 valence electrons. The molecule has 3 aliphatic rings. The summed E-state index contributed by atoms with van der Waals surface area (Å²) in [6, 6.07) is 20.6. The van der Waals surface area contributed by atoms with Crippen molar-refractivity contribution in [1.82, 2.24) is 4.90 Å². The van der Waals surface area contributed by atoms with Gasteiger partial charge in [-0.1, -0.05) is 64.5 Å². The number of Topliss-reactive ketones (excluding diaryl/α,β-unsaturated/α-hetero) is 2. The van der Waals surface area contributed by atoms with Crippen LogP contribution in [0.5, 0.6) is 5.75 Å². The van der Waals surface area contributed by atoms with Gasteiger partial charge in [0.2, 0.25) is 29.0 Å². The number of hydrogen-bond acceptors (Lipinski definition) is 6. The maximum Gasteiger partial charge on any atom is 0.237 e. The molecule has 2 aliphatic heterocycles. The average molecular weight is 546 g/mol. The zero-order valence-corrected chi connectivity index (χ0v) is 20.7. The van der Waals surface area contributed by atoms with Gasteiger partial charge in [-0.3, -0.25) is 24.1 Å². The number of nitrogens with zero attached hydrogens (tertiary/aromatic N) is 1. The van der Waals surface area contributed by atoms with E-state index < -0.39 is 46.9 Å². The van der Waals surface area contributed by atoms with E-state index in [2.05, 4.69) is 15.9 Å². The molecule has 0 unspecified atom stereocenters. The summed E-state index contributed by atoms with van der Waals surface area (Å²) in [6.45, 7) is 0.0210. The highest BCUT2D eigenvalue weighted by molar-refractivity contribution is 9.10. The van der Waals surface area contributed by atoms with Gasteiger partial charge in [0.15, 0.2) is 0 Å². The second-order valence-electron chi connectivity index (χ2n) is 9.14. The summed E-state index contributed by atoms with van der Waals surface area (Å²) >= 11 is 3.40. The molecule has 0 aromatic heterocycles. The molecule has 7 nitrogen and oxygen atoms in total. The molecule has 2 heterocycles. The van der Waals surface area contributed by atoms with E-state index in [4.69, 9.17) is 9.47 Å². The Labute approximate surface area is 215 Å². The van der Waals surface area contributed by atoms with Crippen LogP contribution in [0.2, 0.25) is 0 Å². The lowest BCUT2D eigenvalue weighted by Crippen LogP contribution is -2.50. The van der Waals surface area contributed by atoms with Crippen LogP contribution in [0.3, 0.4) is 0 Å². The molecule has 0 N–H and O–H groups in total. The summed E-state index contributed by atoms with van der Waals surface area (Å²) in [5.74, 6) is -3.76. The molecule has 2 saturated heterocycles. The third-order valence-corrected chi connectivity index (χ3v) is 7.84. The second-order valence-corrected chi connectivity index (χ2v) is 10.1. The first-order valence-electron chi connectivity index (χ1n) is 11.5. The van der Waals surface area contributed by atoms with Crippen LogP contribution in [-0.2, 0) is 20.9 Å². The molecular formula is C28H20BrNO6. The Morgan fingerprint density at radius 3 is 2.06 bits per heavy atom. The van der Waals surface area contributed by atoms with E-state index in [-0.39, 0.29) is 17.7 Å². The van der Waals surface area contributed by atoms with Gasteiger partial charge in [-0.25, -0.2) is 0 Å². The number of imide groups is 1. The van der Waals surface area contributed by atoms with Crippen molar-refractivity contribution in [2.75, 3.05) is 7.11 Å². The zero-order valence-electron chi connectivity index (χ0n) is 19.1. The van der Waals surface area contributed by atoms with Gasteiger partial charge in [0.05, 0.1) is 31.6 Å². The van der Waals surface area contributed by atoms with Crippen LogP contribution in [0.4, 0.5) is 0 Å². The summed E-state index contributed by atoms with van der Waals surface area (Å²) in [6.07, 6.45) is -0.928. The average Bonchev–Trinajstić information content (AvgIpc) is 3.46. The SMILES string of the molecule is COc1ccc(CN2C(=O)[C@H]3[C@@H](c4ccc(Br)cc4)OC4(C(=O)c5ccccc5C4=O)[C@@H]3C2=O)cc1. The van der Waals surface area contributed by atoms with Crippen LogP contribution in [0, 0.1) is 11.8 Å². The molecule has 36 heavy (non-hydrogen) atoms. The van der Waals surface area contributed by atoms with E-state index in [0.29, 0.717) is 11.3 Å². The monoisotopic (exact) mass is 545 g/mol. The highest BCUT2D eigenvalue weighted by atomic mass is 79.9. The minimum absolute atomic E-state index is 0.0210. The van der Waals surface area contributed by atoms with Crippen molar-refractivity contribution in [3.8, 4) is 5.75 Å². The standard InChI is InChI=1S/C28H20BrNO6/c1-35-18-12-6-15(7-13-18)14-30-26(33)21-22(27(30)34)28(36-23(21)16-8-10-17(29)11-9-16)24(31)19-4-2-3-5-20(19)25(28)32/h2-13,21-23H,14H2,1H3/t21-,22+,23-/m1/s1. The van der Waals surface area contributed by atoms with Crippen LogP contribution in [-0.4, -0.2) is 41.0 Å². The predicted octanol–water partition coefficient (Wildman–Crippen LogP) is 4.15. The molecule has 2 amide bonds. The number of carbonyl (C=O) groups is 4. The van der Waals surface area contributed by atoms with Crippen molar-refractivity contribution in [2.45, 2.75) is 18.2 Å². The van der Waals surface area contributed by atoms with Crippen LogP contribution >= 0.6 is 15.9 Å². The third-order valence-electron chi connectivity index (χ3n) is 7.31. The Balaban J connectivity index is 1.45. The maximum absolute atomic E-state index is 13.8. The third kappa shape index (κ3) is 3.07. The van der Waals surface area contributed by atoms with E-state index in [1.54, 1.807) is 79.9 Å². The Bertz CT molecular complexity index is 1400. The summed E-state index contributed by atoms with van der Waals surface area (Å²) in [5.41, 5.74) is -0.291. The predicted molar refractivity (Wildman–Crippen MR) is 131 cm³/mol. The molecule has 6 rings (SSSR count). The fraction of sp³-hybridized carbons (Fsp3) is 0.214. The minimum Gasteiger partial charge on any atom is -0.497 e. The number of fused-ring (bicyclic) bond motifs is 3. The first kappa shape index (κ1) is 22.8. The minimum atomic E-state index is -2.06. The number of halogens is 1. The first-order chi connectivity index (χ1) is 17.4. The van der Waals surface area contributed by atoms with Gasteiger partial charge < -0.3 is 9.47 Å². The van der Waals surface area contributed by atoms with Crippen LogP contribution in [0.25, 0.3) is 0 Å². The summed E-state index contributed by atoms with van der Waals surface area (Å²) < 4.78 is 12.3. The number of likely N-dealkylation sites (tertiary alicyclic amines) is 1. The molecule has 8 heteroatoms. The van der Waals surface area contributed by atoms with E-state index in [1.807, 2.05) is 0 Å². The number of ketones is 2. The largest absolute Gasteiger partial charge is 0.497 e. The van der Waals surface area contributed by atoms with Gasteiger partial charge in [0.25, 0.3) is 0 Å². The Kier molecular flexibility index (Phi) is 5.21. The topological polar surface area (TPSA) is 90.0 Å². The Hall–Kier alpha value is -3.62. The van der Waals surface area contributed by atoms with Gasteiger partial charge in [0, 0.05) is 15.6 Å². The van der Waals surface area contributed by atoms with Gasteiger partial charge in [-0.05, 0) is 35.4 Å². The molecule has 1 aliphatic carbocycles. The van der Waals surface area contributed by atoms with Crippen molar-refractivity contribution in [2.24, 2.45) is 11.8 Å². The van der Waals surface area contributed by atoms with E-state index >= 15 is 0 Å². The molecule has 3 atom stereocenters. The maximum atomic E-state index is 13.8. The number of rotatable bonds is 4. The molecule has 0 bridgehead atoms. The van der Waals surface area contributed by atoms with Crippen molar-refractivity contribution < 1.29 is 28.7 Å². The molecule has 3 aromatic rings. The molecule has 0 radical (unpaired) electrons. The quantitative estimate of drug-likeness (QED) is 0.361. The molecular weight excluding hydrogens is 526 g/mol. The fourth-order valence-electron chi connectivity index (χ4n) is 5.60. The highest BCUT2D eigenvalue weighted by Crippen LogP contribution is 2.57. The Morgan fingerprint density at radius 2 is 1.47 bits per heavy atom. The number of amides is 2. The zero-order chi connectivity index (χ0) is 25.2. The molecule has 0 saturated carbocycles. The van der Waals surface area contributed by atoms with Gasteiger partial charge in [-0.2, -0.15) is 0 Å². The number of methoxy groups -OCH3 is 1. The lowest BCUT2D eigenvalue weighted by atomic mass is 9.77. The molecule has 3 aromatic carbocycles. The summed E-state index contributed by atoms with van der Waals surface area (Å²) in [5, 5.41) is 0. The van der Waals surface area contributed by atoms with Gasteiger partial charge in [-0.15, -0.1) is 0 Å². The summed E-state index contributed by atoms with van der Waals surface area (Å²) in [7, 11) is 1.55. The molecule has 2 fully saturated rings.